The molecule has 240 valence electrons. The van der Waals surface area contributed by atoms with Crippen LogP contribution in [-0.4, -0.2) is 0 Å². The quantitative estimate of drug-likeness (QED) is 0.134. The summed E-state index contributed by atoms with van der Waals surface area (Å²) in [5.41, 5.74) is 16.3. The normalized spacial score (nSPS) is 12.6. The van der Waals surface area contributed by atoms with E-state index in [1.807, 2.05) is 24.3 Å². The van der Waals surface area contributed by atoms with Crippen LogP contribution in [0.25, 0.3) is 71.8 Å². The van der Waals surface area contributed by atoms with Gasteiger partial charge in [0.05, 0.1) is 5.70 Å². The largest absolute Gasteiger partial charge is 0.452 e. The summed E-state index contributed by atoms with van der Waals surface area (Å²) in [6.07, 6.45) is 2.21. The first kappa shape index (κ1) is 29.8. The molecule has 0 aliphatic rings. The van der Waals surface area contributed by atoms with Crippen molar-refractivity contribution >= 4 is 49.6 Å². The minimum absolute atomic E-state index is 0.0197. The van der Waals surface area contributed by atoms with Crippen molar-refractivity contribution in [2.75, 3.05) is 0 Å². The van der Waals surface area contributed by atoms with E-state index in [1.54, 1.807) is 0 Å². The van der Waals surface area contributed by atoms with Crippen LogP contribution < -0.4 is 11.3 Å². The lowest BCUT2D eigenvalue weighted by molar-refractivity contribution is 0.633. The van der Waals surface area contributed by atoms with Crippen LogP contribution >= 0.6 is 0 Å². The molecule has 0 radical (unpaired) electrons. The van der Waals surface area contributed by atoms with Gasteiger partial charge in [0.2, 0.25) is 0 Å². The van der Waals surface area contributed by atoms with E-state index in [4.69, 9.17) is 14.7 Å². The van der Waals surface area contributed by atoms with Crippen LogP contribution in [0.15, 0.2) is 173 Å². The van der Waals surface area contributed by atoms with E-state index in [2.05, 4.69) is 152 Å². The van der Waals surface area contributed by atoms with Gasteiger partial charge in [0, 0.05) is 27.5 Å². The summed E-state index contributed by atoms with van der Waals surface area (Å²) in [4.78, 5) is 0. The second kappa shape index (κ2) is 12.3. The maximum atomic E-state index is 6.51. The van der Waals surface area contributed by atoms with Gasteiger partial charge in [0.25, 0.3) is 0 Å². The standard InChI is InChI=1S/C46H34N2O2/c1-29-10-8-15-32(24-29)34-18-22-43-40(26-34)37-20-21-38-41-27-35(19-23-44(41)50-46(38)45(37)49-43)33-16-9-17-36(25-33)39(30-11-4-2-5-12-30)28-42(48-47)31-13-6-3-7-14-31/h2-28,39,48H,47H2,1H3/b42-28-. The fourth-order valence-corrected chi connectivity index (χ4v) is 7.22. The molecule has 4 nitrogen and oxygen atoms in total. The Morgan fingerprint density at radius 1 is 0.520 bits per heavy atom. The molecule has 2 aromatic heterocycles. The highest BCUT2D eigenvalue weighted by molar-refractivity contribution is 6.19. The van der Waals surface area contributed by atoms with E-state index >= 15 is 0 Å². The Labute approximate surface area is 290 Å². The molecule has 0 fully saturated rings. The molecular formula is C46H34N2O2. The fraction of sp³-hybridized carbons (Fsp3) is 0.0435. The molecule has 7 aromatic carbocycles. The summed E-state index contributed by atoms with van der Waals surface area (Å²) >= 11 is 0. The van der Waals surface area contributed by atoms with Crippen LogP contribution in [0.4, 0.5) is 0 Å². The van der Waals surface area contributed by atoms with Crippen molar-refractivity contribution in [3.05, 3.63) is 186 Å². The zero-order valence-electron chi connectivity index (χ0n) is 27.6. The SMILES string of the molecule is Cc1cccc(-c2ccc3oc4c(ccc5c6cc(-c7cccc(C(/C=C(\NN)c8ccccc8)c8ccccc8)c7)ccc6oc54)c3c2)c1. The van der Waals surface area contributed by atoms with Gasteiger partial charge in [-0.1, -0.05) is 127 Å². The second-order valence-corrected chi connectivity index (χ2v) is 12.9. The number of hydrogen-bond donors (Lipinski definition) is 2. The third-order valence-electron chi connectivity index (χ3n) is 9.74. The lowest BCUT2D eigenvalue weighted by Crippen LogP contribution is -2.20. The smallest absolute Gasteiger partial charge is 0.178 e. The van der Waals surface area contributed by atoms with E-state index in [-0.39, 0.29) is 5.92 Å². The van der Waals surface area contributed by atoms with Crippen LogP contribution in [0.5, 0.6) is 0 Å². The summed E-state index contributed by atoms with van der Waals surface area (Å²) in [5.74, 6) is 6.06. The molecule has 9 rings (SSSR count). The number of rotatable bonds is 7. The highest BCUT2D eigenvalue weighted by atomic mass is 16.4. The van der Waals surface area contributed by atoms with E-state index in [0.717, 1.165) is 66.3 Å². The van der Waals surface area contributed by atoms with Crippen LogP contribution in [0.1, 0.15) is 28.2 Å². The predicted molar refractivity (Wildman–Crippen MR) is 207 cm³/mol. The molecule has 9 aromatic rings. The molecule has 1 atom stereocenters. The first-order chi connectivity index (χ1) is 24.6. The molecule has 50 heavy (non-hydrogen) atoms. The molecule has 1 unspecified atom stereocenters. The number of aryl methyl sites for hydroxylation is 1. The fourth-order valence-electron chi connectivity index (χ4n) is 7.22. The Balaban J connectivity index is 1.13. The Morgan fingerprint density at radius 2 is 1.06 bits per heavy atom. The van der Waals surface area contributed by atoms with Crippen LogP contribution in [0, 0.1) is 6.92 Å². The summed E-state index contributed by atoms with van der Waals surface area (Å²) < 4.78 is 13.0. The highest BCUT2D eigenvalue weighted by Crippen LogP contribution is 2.41. The van der Waals surface area contributed by atoms with E-state index in [9.17, 15) is 0 Å². The molecule has 0 saturated heterocycles. The first-order valence-corrected chi connectivity index (χ1v) is 16.9. The van der Waals surface area contributed by atoms with Gasteiger partial charge < -0.3 is 14.3 Å². The zero-order valence-corrected chi connectivity index (χ0v) is 27.6. The number of furan rings is 2. The number of hydrazine groups is 1. The van der Waals surface area contributed by atoms with Crippen molar-refractivity contribution in [1.82, 2.24) is 5.43 Å². The van der Waals surface area contributed by atoms with Crippen LogP contribution in [-0.2, 0) is 0 Å². The van der Waals surface area contributed by atoms with Gasteiger partial charge >= 0.3 is 0 Å². The maximum Gasteiger partial charge on any atom is 0.178 e. The molecule has 0 aliphatic heterocycles. The van der Waals surface area contributed by atoms with Gasteiger partial charge in [-0.15, -0.1) is 0 Å². The highest BCUT2D eigenvalue weighted by Gasteiger charge is 2.18. The molecule has 0 aliphatic carbocycles. The van der Waals surface area contributed by atoms with Gasteiger partial charge in [-0.05, 0) is 88.3 Å². The minimum Gasteiger partial charge on any atom is -0.452 e. The Kier molecular flexibility index (Phi) is 7.30. The van der Waals surface area contributed by atoms with Crippen molar-refractivity contribution in [2.24, 2.45) is 5.84 Å². The molecule has 0 saturated carbocycles. The lowest BCUT2D eigenvalue weighted by Gasteiger charge is -2.18. The van der Waals surface area contributed by atoms with Gasteiger partial charge in [-0.25, -0.2) is 0 Å². The molecule has 2 heterocycles. The minimum atomic E-state index is -0.0197. The van der Waals surface area contributed by atoms with Gasteiger partial charge in [0.1, 0.15) is 11.2 Å². The molecule has 3 N–H and O–H groups in total. The first-order valence-electron chi connectivity index (χ1n) is 16.9. The van der Waals surface area contributed by atoms with E-state index < -0.39 is 0 Å². The molecule has 4 heteroatoms. The molecule has 0 bridgehead atoms. The van der Waals surface area contributed by atoms with Gasteiger partial charge in [-0.2, -0.15) is 0 Å². The topological polar surface area (TPSA) is 64.3 Å². The van der Waals surface area contributed by atoms with Gasteiger partial charge in [0.15, 0.2) is 11.2 Å². The van der Waals surface area contributed by atoms with Crippen molar-refractivity contribution in [1.29, 1.82) is 0 Å². The Morgan fingerprint density at radius 3 is 1.66 bits per heavy atom. The number of hydrogen-bond acceptors (Lipinski definition) is 4. The van der Waals surface area contributed by atoms with Crippen molar-refractivity contribution < 1.29 is 8.83 Å². The Hall–Kier alpha value is -6.36. The van der Waals surface area contributed by atoms with Gasteiger partial charge in [-0.3, -0.25) is 5.84 Å². The molecule has 0 spiro atoms. The zero-order chi connectivity index (χ0) is 33.6. The lowest BCUT2D eigenvalue weighted by atomic mass is 9.88. The van der Waals surface area contributed by atoms with E-state index in [0.29, 0.717) is 0 Å². The number of fused-ring (bicyclic) bond motifs is 7. The maximum absolute atomic E-state index is 6.51. The second-order valence-electron chi connectivity index (χ2n) is 12.9. The van der Waals surface area contributed by atoms with Crippen LogP contribution in [0.3, 0.4) is 0 Å². The van der Waals surface area contributed by atoms with Crippen molar-refractivity contribution in [2.45, 2.75) is 12.8 Å². The Bertz CT molecular complexity index is 2700. The monoisotopic (exact) mass is 646 g/mol. The number of allylic oxidation sites excluding steroid dienone is 1. The average Bonchev–Trinajstić information content (AvgIpc) is 3.74. The number of nitrogens with two attached hydrogens (primary N) is 1. The summed E-state index contributed by atoms with van der Waals surface area (Å²) in [7, 11) is 0. The third kappa shape index (κ3) is 5.23. The number of nitrogens with one attached hydrogen (secondary N) is 1. The molecular weight excluding hydrogens is 613 g/mol. The van der Waals surface area contributed by atoms with Crippen molar-refractivity contribution in [3.8, 4) is 22.3 Å². The van der Waals surface area contributed by atoms with Crippen molar-refractivity contribution in [3.63, 3.8) is 0 Å². The molecule has 0 amide bonds. The third-order valence-corrected chi connectivity index (χ3v) is 9.74. The average molecular weight is 647 g/mol. The van der Waals surface area contributed by atoms with E-state index in [1.165, 1.54) is 27.8 Å². The summed E-state index contributed by atoms with van der Waals surface area (Å²) in [6.45, 7) is 2.12. The number of benzene rings is 7. The van der Waals surface area contributed by atoms with Crippen LogP contribution in [0.2, 0.25) is 0 Å². The predicted octanol–water partition coefficient (Wildman–Crippen LogP) is 11.8. The summed E-state index contributed by atoms with van der Waals surface area (Å²) in [6, 6.07) is 55.3. The summed E-state index contributed by atoms with van der Waals surface area (Å²) in [5, 5.41) is 4.23.